The van der Waals surface area contributed by atoms with Gasteiger partial charge in [-0.3, -0.25) is 9.58 Å². The van der Waals surface area contributed by atoms with Gasteiger partial charge in [-0.1, -0.05) is 16.3 Å². The lowest BCUT2D eigenvalue weighted by molar-refractivity contribution is 0.301. The summed E-state index contributed by atoms with van der Waals surface area (Å²) in [6, 6.07) is 9.12. The number of para-hydroxylation sites is 1. The topological polar surface area (TPSA) is 85.2 Å². The molecule has 8 heteroatoms. The highest BCUT2D eigenvalue weighted by Crippen LogP contribution is 2.34. The molecule has 1 spiro atoms. The first-order chi connectivity index (χ1) is 11.5. The van der Waals surface area contributed by atoms with Crippen molar-refractivity contribution in [3.8, 4) is 0 Å². The summed E-state index contributed by atoms with van der Waals surface area (Å²) in [6.45, 7) is 2.91. The molecule has 2 aromatic rings. The lowest BCUT2D eigenvalue weighted by Crippen LogP contribution is -2.49. The van der Waals surface area contributed by atoms with Gasteiger partial charge in [-0.15, -0.1) is 4.72 Å². The van der Waals surface area contributed by atoms with E-state index in [0.29, 0.717) is 17.1 Å². The van der Waals surface area contributed by atoms with Crippen LogP contribution in [0.2, 0.25) is 0 Å². The van der Waals surface area contributed by atoms with Crippen molar-refractivity contribution in [2.24, 2.45) is 7.05 Å². The van der Waals surface area contributed by atoms with Crippen LogP contribution < -0.4 is 10.0 Å². The Labute approximate surface area is 142 Å². The van der Waals surface area contributed by atoms with E-state index in [1.165, 1.54) is 0 Å². The summed E-state index contributed by atoms with van der Waals surface area (Å²) in [7, 11) is -1.52. The average Bonchev–Trinajstić information content (AvgIpc) is 3.11. The number of benzene rings is 1. The predicted molar refractivity (Wildman–Crippen MR) is 91.0 cm³/mol. The Bertz CT molecular complexity index is 807. The molecule has 1 aromatic heterocycles. The van der Waals surface area contributed by atoms with E-state index in [1.807, 2.05) is 29.9 Å². The van der Waals surface area contributed by atoms with Crippen molar-refractivity contribution in [3.63, 3.8) is 0 Å². The highest BCUT2D eigenvalue weighted by molar-refractivity contribution is 7.96. The molecule has 0 aliphatic carbocycles. The summed E-state index contributed by atoms with van der Waals surface area (Å²) < 4.78 is 29.5. The molecule has 1 saturated heterocycles. The van der Waals surface area contributed by atoms with Gasteiger partial charge in [0.2, 0.25) is 0 Å². The van der Waals surface area contributed by atoms with Crippen LogP contribution in [0, 0.1) is 0 Å². The van der Waals surface area contributed by atoms with E-state index in [9.17, 15) is 8.76 Å². The first-order valence-corrected chi connectivity index (χ1v) is 9.52. The largest absolute Gasteiger partial charge is 0.593 e. The number of likely N-dealkylation sites (tertiary alicyclic amines) is 1. The standard InChI is InChI=1S/C16H21N5O2S/c1-20-13(6-8-17-20)10-21-9-7-16(12-21)11-18-24(22,23)15-5-3-2-4-14(15)19-16/h2-6,8,19H,7,9-12H2,1H3,(H-,18,22,23). The van der Waals surface area contributed by atoms with E-state index in [2.05, 4.69) is 20.0 Å². The number of nitrogens with one attached hydrogen (secondary N) is 2. The first kappa shape index (κ1) is 15.8. The summed E-state index contributed by atoms with van der Waals surface area (Å²) in [5.74, 6) is 0. The van der Waals surface area contributed by atoms with Crippen LogP contribution in [0.3, 0.4) is 0 Å². The lowest BCUT2D eigenvalue weighted by Gasteiger charge is -2.29. The second-order valence-corrected chi connectivity index (χ2v) is 8.37. The van der Waals surface area contributed by atoms with Crippen LogP contribution in [0.25, 0.3) is 0 Å². The molecule has 2 unspecified atom stereocenters. The Morgan fingerprint density at radius 1 is 1.38 bits per heavy atom. The van der Waals surface area contributed by atoms with E-state index in [-0.39, 0.29) is 5.54 Å². The number of rotatable bonds is 2. The number of aryl methyl sites for hydroxylation is 1. The van der Waals surface area contributed by atoms with Crippen LogP contribution >= 0.6 is 0 Å². The van der Waals surface area contributed by atoms with Gasteiger partial charge in [-0.25, -0.2) is 0 Å². The fourth-order valence-electron chi connectivity index (χ4n) is 3.57. The van der Waals surface area contributed by atoms with Gasteiger partial charge in [0.1, 0.15) is 0 Å². The van der Waals surface area contributed by atoms with Gasteiger partial charge in [-0.2, -0.15) is 5.10 Å². The maximum absolute atomic E-state index is 12.4. The number of hydrogen-bond donors (Lipinski definition) is 2. The molecule has 7 nitrogen and oxygen atoms in total. The van der Waals surface area contributed by atoms with E-state index in [4.69, 9.17) is 0 Å². The minimum absolute atomic E-state index is 0.279. The lowest BCUT2D eigenvalue weighted by atomic mass is 9.98. The Morgan fingerprint density at radius 3 is 3.00 bits per heavy atom. The molecule has 1 aromatic carbocycles. The third-order valence-electron chi connectivity index (χ3n) is 4.92. The Balaban J connectivity index is 1.57. The number of anilines is 1. The third-order valence-corrected chi connectivity index (χ3v) is 6.38. The molecule has 4 rings (SSSR count). The monoisotopic (exact) mass is 347 g/mol. The molecule has 24 heavy (non-hydrogen) atoms. The molecular formula is C16H21N5O2S. The number of sulfonamides is 1. The summed E-state index contributed by atoms with van der Waals surface area (Å²) in [6.07, 6.45) is 2.69. The Morgan fingerprint density at radius 2 is 2.21 bits per heavy atom. The van der Waals surface area contributed by atoms with Crippen molar-refractivity contribution < 1.29 is 8.76 Å². The Hall–Kier alpha value is -1.74. The highest BCUT2D eigenvalue weighted by atomic mass is 32.3. The molecule has 3 heterocycles. The molecule has 2 N–H and O–H groups in total. The number of hydrogen-bond acceptors (Lipinski definition) is 5. The molecule has 128 valence electrons. The van der Waals surface area contributed by atoms with Gasteiger partial charge in [0, 0.05) is 32.9 Å². The van der Waals surface area contributed by atoms with Crippen molar-refractivity contribution in [1.29, 1.82) is 0 Å². The van der Waals surface area contributed by atoms with Gasteiger partial charge in [-0.05, 0) is 24.6 Å². The molecule has 2 aliphatic rings. The predicted octanol–water partition coefficient (Wildman–Crippen LogP) is 0.984. The summed E-state index contributed by atoms with van der Waals surface area (Å²) in [4.78, 5) is 2.67. The maximum Gasteiger partial charge on any atom is 0.198 e. The van der Waals surface area contributed by atoms with Gasteiger partial charge >= 0.3 is 0 Å². The molecule has 0 amide bonds. The molecule has 0 radical (unpaired) electrons. The van der Waals surface area contributed by atoms with Crippen molar-refractivity contribution in [1.82, 2.24) is 19.4 Å². The molecule has 0 saturated carbocycles. The maximum atomic E-state index is 12.4. The molecule has 1 fully saturated rings. The van der Waals surface area contributed by atoms with Crippen LogP contribution in [0.1, 0.15) is 12.1 Å². The van der Waals surface area contributed by atoms with Crippen molar-refractivity contribution in [2.45, 2.75) is 23.4 Å². The van der Waals surface area contributed by atoms with Crippen LogP contribution in [0.5, 0.6) is 0 Å². The first-order valence-electron chi connectivity index (χ1n) is 8.04. The van der Waals surface area contributed by atoms with E-state index in [0.717, 1.165) is 31.7 Å². The van der Waals surface area contributed by atoms with Crippen LogP contribution in [-0.2, 0) is 28.2 Å². The van der Waals surface area contributed by atoms with E-state index >= 15 is 0 Å². The fourth-order valence-corrected chi connectivity index (χ4v) is 4.86. The molecular weight excluding hydrogens is 326 g/mol. The van der Waals surface area contributed by atoms with Crippen LogP contribution in [0.15, 0.2) is 41.4 Å². The molecule has 2 aliphatic heterocycles. The van der Waals surface area contributed by atoms with Gasteiger partial charge < -0.3 is 9.87 Å². The summed E-state index contributed by atoms with van der Waals surface area (Å²) >= 11 is 0. The number of nitrogens with zero attached hydrogens (tertiary/aromatic N) is 3. The van der Waals surface area contributed by atoms with Crippen LogP contribution in [0.4, 0.5) is 5.69 Å². The normalized spacial score (nSPS) is 30.1. The van der Waals surface area contributed by atoms with Gasteiger partial charge in [0.15, 0.2) is 15.3 Å². The van der Waals surface area contributed by atoms with Crippen molar-refractivity contribution in [3.05, 3.63) is 42.2 Å². The second kappa shape index (κ2) is 5.66. The minimum Gasteiger partial charge on any atom is -0.593 e. The second-order valence-electron chi connectivity index (χ2n) is 6.63. The number of aromatic nitrogens is 2. The fraction of sp³-hybridized carbons (Fsp3) is 0.438. The third kappa shape index (κ3) is 2.75. The van der Waals surface area contributed by atoms with Crippen LogP contribution in [-0.4, -0.2) is 44.4 Å². The zero-order valence-corrected chi connectivity index (χ0v) is 14.4. The zero-order valence-electron chi connectivity index (χ0n) is 13.6. The quantitative estimate of drug-likeness (QED) is 0.791. The Kier molecular flexibility index (Phi) is 3.72. The number of fused-ring (bicyclic) bond motifs is 1. The highest BCUT2D eigenvalue weighted by Gasteiger charge is 2.43. The molecule has 0 bridgehead atoms. The minimum atomic E-state index is -3.46. The van der Waals surface area contributed by atoms with Gasteiger partial charge in [0.05, 0.1) is 23.5 Å². The average molecular weight is 347 g/mol. The van der Waals surface area contributed by atoms with Crippen molar-refractivity contribution >= 4 is 16.1 Å². The molecule has 2 atom stereocenters. The summed E-state index contributed by atoms with van der Waals surface area (Å²) in [5, 5.41) is 7.72. The zero-order chi connectivity index (χ0) is 16.8. The SMILES string of the molecule is Cn1nccc1CN1CCC2(CN[S+](=O)([O-])c3ccccc3N2)C1. The smallest absolute Gasteiger partial charge is 0.198 e. The van der Waals surface area contributed by atoms with Crippen molar-refractivity contribution in [2.75, 3.05) is 25.0 Å². The van der Waals surface area contributed by atoms with Gasteiger partial charge in [0.25, 0.3) is 0 Å². The summed E-state index contributed by atoms with van der Waals surface area (Å²) in [5.41, 5.74) is 1.56. The van der Waals surface area contributed by atoms with E-state index < -0.39 is 10.4 Å². The van der Waals surface area contributed by atoms with E-state index in [1.54, 1.807) is 18.3 Å².